The van der Waals surface area contributed by atoms with E-state index in [-0.39, 0.29) is 6.10 Å². The molecule has 0 saturated carbocycles. The summed E-state index contributed by atoms with van der Waals surface area (Å²) < 4.78 is 6.11. The van der Waals surface area contributed by atoms with Gasteiger partial charge in [-0.1, -0.05) is 6.08 Å². The van der Waals surface area contributed by atoms with Crippen LogP contribution in [-0.4, -0.2) is 60.7 Å². The standard InChI is InChI=1S/C18H26N4O/c1-3-4-6-18(15-22-10-5-9-21(2)11-12-22)23-17-8-7-16(13-19)20-14-17/h3,7-8,14,18H,1,4-6,9-12,15H2,2H3/t18-/m0/s1. The molecule has 23 heavy (non-hydrogen) atoms. The molecule has 0 radical (unpaired) electrons. The minimum atomic E-state index is 0.117. The van der Waals surface area contributed by atoms with Gasteiger partial charge < -0.3 is 9.64 Å². The van der Waals surface area contributed by atoms with Gasteiger partial charge in [0.1, 0.15) is 23.6 Å². The van der Waals surface area contributed by atoms with E-state index < -0.39 is 0 Å². The summed E-state index contributed by atoms with van der Waals surface area (Å²) in [5, 5.41) is 8.82. The molecule has 0 amide bonds. The fourth-order valence-corrected chi connectivity index (χ4v) is 2.77. The van der Waals surface area contributed by atoms with E-state index in [0.717, 1.165) is 51.3 Å². The van der Waals surface area contributed by atoms with Crippen LogP contribution in [0.5, 0.6) is 5.75 Å². The van der Waals surface area contributed by atoms with Crippen LogP contribution in [0, 0.1) is 11.3 Å². The molecular formula is C18H26N4O. The van der Waals surface area contributed by atoms with Gasteiger partial charge in [-0.25, -0.2) is 4.98 Å². The monoisotopic (exact) mass is 314 g/mol. The Kier molecular flexibility index (Phi) is 7.05. The smallest absolute Gasteiger partial charge is 0.140 e. The number of aromatic nitrogens is 1. The molecule has 5 nitrogen and oxygen atoms in total. The topological polar surface area (TPSA) is 52.4 Å². The average molecular weight is 314 g/mol. The van der Waals surface area contributed by atoms with Crippen molar-refractivity contribution in [1.82, 2.24) is 14.8 Å². The highest BCUT2D eigenvalue weighted by atomic mass is 16.5. The van der Waals surface area contributed by atoms with E-state index in [9.17, 15) is 0 Å². The summed E-state index contributed by atoms with van der Waals surface area (Å²) in [6, 6.07) is 5.54. The number of allylic oxidation sites excluding steroid dienone is 1. The predicted molar refractivity (Wildman–Crippen MR) is 91.4 cm³/mol. The summed E-state index contributed by atoms with van der Waals surface area (Å²) in [6.45, 7) is 9.19. The highest BCUT2D eigenvalue weighted by molar-refractivity contribution is 5.26. The maximum Gasteiger partial charge on any atom is 0.140 e. The molecule has 1 aliphatic rings. The maximum atomic E-state index is 8.82. The van der Waals surface area contributed by atoms with Crippen LogP contribution in [0.15, 0.2) is 31.0 Å². The lowest BCUT2D eigenvalue weighted by Gasteiger charge is -2.26. The molecular weight excluding hydrogens is 288 g/mol. The van der Waals surface area contributed by atoms with Crippen molar-refractivity contribution >= 4 is 0 Å². The number of pyridine rings is 1. The van der Waals surface area contributed by atoms with Gasteiger partial charge in [-0.3, -0.25) is 4.90 Å². The first-order valence-electron chi connectivity index (χ1n) is 8.26. The number of hydrogen-bond acceptors (Lipinski definition) is 5. The van der Waals surface area contributed by atoms with E-state index in [0.29, 0.717) is 5.69 Å². The Bertz CT molecular complexity index is 523. The molecule has 1 saturated heterocycles. The number of rotatable bonds is 7. The molecule has 5 heteroatoms. The van der Waals surface area contributed by atoms with E-state index in [1.54, 1.807) is 12.3 Å². The van der Waals surface area contributed by atoms with Crippen LogP contribution in [0.2, 0.25) is 0 Å². The van der Waals surface area contributed by atoms with E-state index in [4.69, 9.17) is 10.00 Å². The number of nitriles is 1. The molecule has 0 bridgehead atoms. The quantitative estimate of drug-likeness (QED) is 0.723. The third kappa shape index (κ3) is 6.01. The van der Waals surface area contributed by atoms with E-state index in [2.05, 4.69) is 28.4 Å². The van der Waals surface area contributed by atoms with Crippen molar-refractivity contribution in [3.05, 3.63) is 36.7 Å². The SMILES string of the molecule is C=CCC[C@@H](CN1CCCN(C)CC1)Oc1ccc(C#N)nc1. The zero-order valence-corrected chi connectivity index (χ0v) is 13.9. The van der Waals surface area contributed by atoms with Crippen LogP contribution in [-0.2, 0) is 0 Å². The number of nitrogens with zero attached hydrogens (tertiary/aromatic N) is 4. The van der Waals surface area contributed by atoms with Crippen LogP contribution in [0.3, 0.4) is 0 Å². The van der Waals surface area contributed by atoms with Crippen LogP contribution in [0.4, 0.5) is 0 Å². The van der Waals surface area contributed by atoms with Crippen molar-refractivity contribution in [2.75, 3.05) is 39.8 Å². The van der Waals surface area contributed by atoms with Gasteiger partial charge in [0.25, 0.3) is 0 Å². The lowest BCUT2D eigenvalue weighted by molar-refractivity contribution is 0.127. The number of likely N-dealkylation sites (N-methyl/N-ethyl adjacent to an activating group) is 1. The molecule has 124 valence electrons. The lowest BCUT2D eigenvalue weighted by Crippen LogP contribution is -2.37. The first kappa shape index (κ1) is 17.5. The molecule has 0 aromatic carbocycles. The maximum absolute atomic E-state index is 8.82. The Morgan fingerprint density at radius 3 is 2.96 bits per heavy atom. The lowest BCUT2D eigenvalue weighted by atomic mass is 10.1. The van der Waals surface area contributed by atoms with Crippen LogP contribution in [0.1, 0.15) is 25.0 Å². The number of ether oxygens (including phenoxy) is 1. The van der Waals surface area contributed by atoms with E-state index >= 15 is 0 Å². The molecule has 1 aliphatic heterocycles. The molecule has 2 rings (SSSR count). The second-order valence-corrected chi connectivity index (χ2v) is 6.05. The van der Waals surface area contributed by atoms with Gasteiger partial charge in [-0.05, 0) is 51.5 Å². The Morgan fingerprint density at radius 2 is 2.26 bits per heavy atom. The fraction of sp³-hybridized carbons (Fsp3) is 0.556. The van der Waals surface area contributed by atoms with Crippen molar-refractivity contribution in [2.45, 2.75) is 25.4 Å². The molecule has 0 aliphatic carbocycles. The number of hydrogen-bond donors (Lipinski definition) is 0. The minimum absolute atomic E-state index is 0.117. The Labute approximate surface area is 139 Å². The van der Waals surface area contributed by atoms with Gasteiger partial charge in [0.15, 0.2) is 0 Å². The van der Waals surface area contributed by atoms with Gasteiger partial charge in [0, 0.05) is 19.6 Å². The van der Waals surface area contributed by atoms with E-state index in [1.807, 2.05) is 18.2 Å². The summed E-state index contributed by atoms with van der Waals surface area (Å²) in [7, 11) is 2.18. The zero-order chi connectivity index (χ0) is 16.5. The summed E-state index contributed by atoms with van der Waals surface area (Å²) in [6.07, 6.45) is 6.76. The molecule has 1 aromatic rings. The Balaban J connectivity index is 1.95. The van der Waals surface area contributed by atoms with Gasteiger partial charge in [-0.2, -0.15) is 5.26 Å². The summed E-state index contributed by atoms with van der Waals surface area (Å²) >= 11 is 0. The second-order valence-electron chi connectivity index (χ2n) is 6.05. The Morgan fingerprint density at radius 1 is 1.39 bits per heavy atom. The summed E-state index contributed by atoms with van der Waals surface area (Å²) in [5.74, 6) is 0.727. The van der Waals surface area contributed by atoms with Crippen LogP contribution < -0.4 is 4.74 Å². The fourth-order valence-electron chi connectivity index (χ4n) is 2.77. The average Bonchev–Trinajstić information content (AvgIpc) is 2.78. The molecule has 1 atom stereocenters. The van der Waals surface area contributed by atoms with Gasteiger partial charge in [-0.15, -0.1) is 6.58 Å². The second kappa shape index (κ2) is 9.29. The van der Waals surface area contributed by atoms with Crippen molar-refractivity contribution in [3.63, 3.8) is 0 Å². The Hall–Kier alpha value is -1.90. The van der Waals surface area contributed by atoms with Crippen LogP contribution >= 0.6 is 0 Å². The first-order chi connectivity index (χ1) is 11.2. The molecule has 1 fully saturated rings. The molecule has 1 aromatic heterocycles. The summed E-state index contributed by atoms with van der Waals surface area (Å²) in [4.78, 5) is 8.94. The highest BCUT2D eigenvalue weighted by Gasteiger charge is 2.18. The zero-order valence-electron chi connectivity index (χ0n) is 13.9. The summed E-state index contributed by atoms with van der Waals surface area (Å²) in [5.41, 5.74) is 0.413. The molecule has 0 N–H and O–H groups in total. The third-order valence-corrected chi connectivity index (χ3v) is 4.12. The van der Waals surface area contributed by atoms with Gasteiger partial charge >= 0.3 is 0 Å². The van der Waals surface area contributed by atoms with Gasteiger partial charge in [0.2, 0.25) is 0 Å². The normalized spacial score (nSPS) is 17.9. The van der Waals surface area contributed by atoms with Gasteiger partial charge in [0.05, 0.1) is 6.20 Å². The van der Waals surface area contributed by atoms with E-state index in [1.165, 1.54) is 6.42 Å². The third-order valence-electron chi connectivity index (χ3n) is 4.12. The van der Waals surface area contributed by atoms with Crippen molar-refractivity contribution in [1.29, 1.82) is 5.26 Å². The van der Waals surface area contributed by atoms with Crippen molar-refractivity contribution < 1.29 is 4.74 Å². The predicted octanol–water partition coefficient (Wildman–Crippen LogP) is 2.30. The van der Waals surface area contributed by atoms with Crippen molar-refractivity contribution in [3.8, 4) is 11.8 Å². The first-order valence-corrected chi connectivity index (χ1v) is 8.26. The molecule has 0 unspecified atom stereocenters. The molecule has 0 spiro atoms. The van der Waals surface area contributed by atoms with Crippen LogP contribution in [0.25, 0.3) is 0 Å². The highest BCUT2D eigenvalue weighted by Crippen LogP contribution is 2.15. The molecule has 2 heterocycles. The van der Waals surface area contributed by atoms with Crippen molar-refractivity contribution in [2.24, 2.45) is 0 Å². The largest absolute Gasteiger partial charge is 0.487 e. The minimum Gasteiger partial charge on any atom is -0.487 e.